The molecule has 1 atom stereocenters. The molecule has 11 heavy (non-hydrogen) atoms. The van der Waals surface area contributed by atoms with Gasteiger partial charge in [-0.2, -0.15) is 0 Å². The molecule has 1 rings (SSSR count). The topological polar surface area (TPSA) is 38.8 Å². The Bertz CT molecular complexity index is 149. The molecule has 0 aromatic heterocycles. The molecule has 0 aromatic carbocycles. The van der Waals surface area contributed by atoms with Crippen molar-refractivity contribution in [2.75, 3.05) is 13.2 Å². The molecule has 0 saturated carbocycles. The van der Waals surface area contributed by atoms with E-state index in [1.165, 1.54) is 0 Å². The van der Waals surface area contributed by atoms with Crippen LogP contribution in [-0.4, -0.2) is 24.8 Å². The third-order valence-corrected chi connectivity index (χ3v) is 1.63. The Kier molecular flexibility index (Phi) is 2.49. The van der Waals surface area contributed by atoms with E-state index in [0.29, 0.717) is 19.6 Å². The van der Waals surface area contributed by atoms with Crippen LogP contribution in [0.4, 0.5) is 0 Å². The van der Waals surface area contributed by atoms with Crippen molar-refractivity contribution in [2.45, 2.75) is 32.3 Å². The van der Waals surface area contributed by atoms with Crippen molar-refractivity contribution in [1.29, 1.82) is 0 Å². The second kappa shape index (κ2) is 3.22. The fraction of sp³-hybridized carbons (Fsp3) is 0.875. The van der Waals surface area contributed by atoms with E-state index in [4.69, 9.17) is 9.47 Å². The van der Waals surface area contributed by atoms with E-state index in [1.807, 2.05) is 13.8 Å². The zero-order chi connectivity index (χ0) is 8.32. The first-order valence-electron chi connectivity index (χ1n) is 3.96. The van der Waals surface area contributed by atoms with Gasteiger partial charge in [0.1, 0.15) is 12.2 Å². The predicted molar refractivity (Wildman–Crippen MR) is 40.2 cm³/mol. The Morgan fingerprint density at radius 1 is 1.73 bits per heavy atom. The minimum absolute atomic E-state index is 0.121. The number of carbonyl (C=O) groups is 1. The predicted octanol–water partition coefficient (Wildman–Crippen LogP) is 1.12. The standard InChI is InChI=1S/C8H14O3/c1-3-4-7(9)10-5-8(2)6-11-8/h3-6H2,1-2H3. The molecule has 1 unspecified atom stereocenters. The number of hydrogen-bond acceptors (Lipinski definition) is 3. The van der Waals surface area contributed by atoms with Gasteiger partial charge in [-0.25, -0.2) is 0 Å². The number of epoxide rings is 1. The second-order valence-corrected chi connectivity index (χ2v) is 3.15. The summed E-state index contributed by atoms with van der Waals surface area (Å²) in [5.41, 5.74) is -0.163. The summed E-state index contributed by atoms with van der Waals surface area (Å²) in [7, 11) is 0. The molecule has 1 saturated heterocycles. The van der Waals surface area contributed by atoms with Crippen molar-refractivity contribution in [3.8, 4) is 0 Å². The molecule has 0 aliphatic carbocycles. The van der Waals surface area contributed by atoms with E-state index in [-0.39, 0.29) is 11.6 Å². The van der Waals surface area contributed by atoms with E-state index in [2.05, 4.69) is 0 Å². The Morgan fingerprint density at radius 2 is 2.36 bits per heavy atom. The van der Waals surface area contributed by atoms with Crippen LogP contribution in [0.25, 0.3) is 0 Å². The molecule has 1 aliphatic heterocycles. The van der Waals surface area contributed by atoms with Crippen molar-refractivity contribution in [2.24, 2.45) is 0 Å². The normalized spacial score (nSPS) is 28.2. The highest BCUT2D eigenvalue weighted by molar-refractivity contribution is 5.69. The van der Waals surface area contributed by atoms with Gasteiger partial charge in [0.15, 0.2) is 0 Å². The van der Waals surface area contributed by atoms with Gasteiger partial charge < -0.3 is 9.47 Å². The van der Waals surface area contributed by atoms with E-state index in [1.54, 1.807) is 0 Å². The molecule has 64 valence electrons. The maximum absolute atomic E-state index is 10.8. The molecule has 1 aliphatic rings. The summed E-state index contributed by atoms with van der Waals surface area (Å²) < 4.78 is 9.99. The fourth-order valence-electron chi connectivity index (χ4n) is 0.716. The van der Waals surface area contributed by atoms with Crippen molar-refractivity contribution in [3.63, 3.8) is 0 Å². The van der Waals surface area contributed by atoms with E-state index in [9.17, 15) is 4.79 Å². The zero-order valence-corrected chi connectivity index (χ0v) is 7.05. The lowest BCUT2D eigenvalue weighted by atomic mass is 10.2. The van der Waals surface area contributed by atoms with Crippen molar-refractivity contribution in [1.82, 2.24) is 0 Å². The van der Waals surface area contributed by atoms with Crippen LogP contribution in [0.2, 0.25) is 0 Å². The van der Waals surface area contributed by atoms with Crippen LogP contribution < -0.4 is 0 Å². The first-order valence-corrected chi connectivity index (χ1v) is 3.96. The van der Waals surface area contributed by atoms with Crippen LogP contribution >= 0.6 is 0 Å². The van der Waals surface area contributed by atoms with Gasteiger partial charge in [0.2, 0.25) is 0 Å². The maximum atomic E-state index is 10.8. The average Bonchev–Trinajstić information content (AvgIpc) is 2.66. The maximum Gasteiger partial charge on any atom is 0.305 e. The molecule has 1 fully saturated rings. The molecule has 0 spiro atoms. The quantitative estimate of drug-likeness (QED) is 0.454. The van der Waals surface area contributed by atoms with Gasteiger partial charge in [-0.15, -0.1) is 0 Å². The Morgan fingerprint density at radius 3 is 2.82 bits per heavy atom. The molecule has 0 radical (unpaired) electrons. The summed E-state index contributed by atoms with van der Waals surface area (Å²) in [5.74, 6) is -0.121. The highest BCUT2D eigenvalue weighted by atomic mass is 16.6. The van der Waals surface area contributed by atoms with Crippen LogP contribution in [-0.2, 0) is 14.3 Å². The molecule has 0 N–H and O–H groups in total. The van der Waals surface area contributed by atoms with Crippen molar-refractivity contribution >= 4 is 5.97 Å². The minimum Gasteiger partial charge on any atom is -0.463 e. The minimum atomic E-state index is -0.163. The second-order valence-electron chi connectivity index (χ2n) is 3.15. The van der Waals surface area contributed by atoms with Gasteiger partial charge in [-0.05, 0) is 13.3 Å². The molecule has 3 heteroatoms. The van der Waals surface area contributed by atoms with Crippen LogP contribution in [0.3, 0.4) is 0 Å². The average molecular weight is 158 g/mol. The summed E-state index contributed by atoms with van der Waals surface area (Å²) in [6.45, 7) is 5.01. The van der Waals surface area contributed by atoms with E-state index >= 15 is 0 Å². The summed E-state index contributed by atoms with van der Waals surface area (Å²) in [5, 5.41) is 0. The van der Waals surface area contributed by atoms with Gasteiger partial charge in [0.25, 0.3) is 0 Å². The highest BCUT2D eigenvalue weighted by Crippen LogP contribution is 2.25. The molecule has 0 aromatic rings. The van der Waals surface area contributed by atoms with Crippen molar-refractivity contribution in [3.05, 3.63) is 0 Å². The number of rotatable bonds is 4. The molecule has 1 heterocycles. The van der Waals surface area contributed by atoms with Gasteiger partial charge in [0.05, 0.1) is 6.61 Å². The Balaban J connectivity index is 2.06. The van der Waals surface area contributed by atoms with Crippen LogP contribution in [0.15, 0.2) is 0 Å². The third kappa shape index (κ3) is 2.89. The Hall–Kier alpha value is -0.570. The summed E-state index contributed by atoms with van der Waals surface area (Å²) >= 11 is 0. The zero-order valence-electron chi connectivity index (χ0n) is 7.05. The first kappa shape index (κ1) is 8.53. The van der Waals surface area contributed by atoms with Gasteiger partial charge >= 0.3 is 5.97 Å². The lowest BCUT2D eigenvalue weighted by molar-refractivity contribution is -0.145. The van der Waals surface area contributed by atoms with Gasteiger partial charge in [-0.1, -0.05) is 6.92 Å². The van der Waals surface area contributed by atoms with E-state index < -0.39 is 0 Å². The molecular formula is C8H14O3. The van der Waals surface area contributed by atoms with Crippen LogP contribution in [0, 0.1) is 0 Å². The Labute approximate surface area is 66.7 Å². The van der Waals surface area contributed by atoms with Gasteiger partial charge in [-0.3, -0.25) is 4.79 Å². The number of esters is 1. The highest BCUT2D eigenvalue weighted by Gasteiger charge is 2.40. The summed E-state index contributed by atoms with van der Waals surface area (Å²) in [6, 6.07) is 0. The molecule has 0 amide bonds. The third-order valence-electron chi connectivity index (χ3n) is 1.63. The largest absolute Gasteiger partial charge is 0.463 e. The smallest absolute Gasteiger partial charge is 0.305 e. The molecule has 0 bridgehead atoms. The lowest BCUT2D eigenvalue weighted by Gasteiger charge is -2.05. The number of hydrogen-bond donors (Lipinski definition) is 0. The number of ether oxygens (including phenoxy) is 2. The van der Waals surface area contributed by atoms with Gasteiger partial charge in [0, 0.05) is 6.42 Å². The van der Waals surface area contributed by atoms with Crippen LogP contribution in [0.5, 0.6) is 0 Å². The number of carbonyl (C=O) groups excluding carboxylic acids is 1. The monoisotopic (exact) mass is 158 g/mol. The molecular weight excluding hydrogens is 144 g/mol. The molecule has 3 nitrogen and oxygen atoms in total. The summed E-state index contributed by atoms with van der Waals surface area (Å²) in [6.07, 6.45) is 1.35. The first-order chi connectivity index (χ1) is 5.16. The lowest BCUT2D eigenvalue weighted by Crippen LogP contribution is -2.18. The SMILES string of the molecule is CCCC(=O)OCC1(C)CO1. The van der Waals surface area contributed by atoms with E-state index in [0.717, 1.165) is 6.42 Å². The fourth-order valence-corrected chi connectivity index (χ4v) is 0.716. The van der Waals surface area contributed by atoms with Crippen molar-refractivity contribution < 1.29 is 14.3 Å². The summed E-state index contributed by atoms with van der Waals surface area (Å²) in [4.78, 5) is 10.8. The van der Waals surface area contributed by atoms with Crippen LogP contribution in [0.1, 0.15) is 26.7 Å².